The molecule has 2 aromatic carbocycles. The molecule has 0 radical (unpaired) electrons. The third-order valence-electron chi connectivity index (χ3n) is 6.48. The van der Waals surface area contributed by atoms with Crippen LogP contribution in [0.25, 0.3) is 0 Å². The van der Waals surface area contributed by atoms with Gasteiger partial charge in [-0.25, -0.2) is 0 Å². The van der Waals surface area contributed by atoms with Crippen molar-refractivity contribution in [3.05, 3.63) is 47.5 Å². The quantitative estimate of drug-likeness (QED) is 0.222. The fourth-order valence-corrected chi connectivity index (χ4v) is 5.00. The summed E-state index contributed by atoms with van der Waals surface area (Å²) in [6, 6.07) is 11.3. The molecular weight excluding hydrogens is 459 g/mol. The Kier molecular flexibility index (Phi) is 11.7. The summed E-state index contributed by atoms with van der Waals surface area (Å²) >= 11 is 1.33. The van der Waals surface area contributed by atoms with Gasteiger partial charge in [0.15, 0.2) is 0 Å². The molecule has 0 unspecified atom stereocenters. The Hall–Kier alpha value is -1.12. The van der Waals surface area contributed by atoms with Crippen molar-refractivity contribution in [3.63, 3.8) is 0 Å². The molecular formula is C28H40NiO2S. The fourth-order valence-electron chi connectivity index (χ4n) is 4.06. The van der Waals surface area contributed by atoms with Crippen LogP contribution in [-0.4, -0.2) is 0 Å². The molecule has 0 aliphatic carbocycles. The van der Waals surface area contributed by atoms with Crippen LogP contribution in [0.5, 0.6) is 11.5 Å². The van der Waals surface area contributed by atoms with Crippen LogP contribution in [0.15, 0.2) is 46.2 Å². The molecule has 0 bridgehead atoms. The van der Waals surface area contributed by atoms with E-state index in [0.717, 1.165) is 12.8 Å². The Balaban J connectivity index is 0.00000512. The largest absolute Gasteiger partial charge is 2.00 e. The predicted octanol–water partition coefficient (Wildman–Crippen LogP) is 7.70. The first-order valence-corrected chi connectivity index (χ1v) is 12.7. The van der Waals surface area contributed by atoms with Gasteiger partial charge in [-0.1, -0.05) is 128 Å². The maximum absolute atomic E-state index is 12.6. The minimum atomic E-state index is -0.00915. The van der Waals surface area contributed by atoms with Crippen molar-refractivity contribution >= 4 is 11.8 Å². The van der Waals surface area contributed by atoms with Gasteiger partial charge in [0.25, 0.3) is 0 Å². The van der Waals surface area contributed by atoms with E-state index in [9.17, 15) is 10.2 Å². The van der Waals surface area contributed by atoms with Gasteiger partial charge in [0, 0.05) is 9.79 Å². The van der Waals surface area contributed by atoms with Gasteiger partial charge < -0.3 is 10.2 Å². The first-order valence-electron chi connectivity index (χ1n) is 11.9. The Morgan fingerprint density at radius 1 is 0.656 bits per heavy atom. The molecule has 0 spiro atoms. The van der Waals surface area contributed by atoms with Gasteiger partial charge in [0.05, 0.1) is 0 Å². The first-order chi connectivity index (χ1) is 14.6. The Labute approximate surface area is 210 Å². The molecule has 0 saturated carbocycles. The number of hydrogen-bond donors (Lipinski definition) is 0. The predicted molar refractivity (Wildman–Crippen MR) is 130 cm³/mol. The van der Waals surface area contributed by atoms with E-state index in [1.54, 1.807) is 12.1 Å². The fraction of sp³-hybridized carbons (Fsp3) is 0.571. The van der Waals surface area contributed by atoms with Gasteiger partial charge in [0.1, 0.15) is 0 Å². The van der Waals surface area contributed by atoms with Crippen molar-refractivity contribution in [1.29, 1.82) is 0 Å². The molecule has 0 fully saturated rings. The minimum absolute atomic E-state index is 0. The normalized spacial score (nSPS) is 11.9. The van der Waals surface area contributed by atoms with E-state index in [-0.39, 0.29) is 38.8 Å². The maximum Gasteiger partial charge on any atom is 2.00 e. The third kappa shape index (κ3) is 8.03. The van der Waals surface area contributed by atoms with Crippen molar-refractivity contribution < 1.29 is 26.7 Å². The van der Waals surface area contributed by atoms with Crippen molar-refractivity contribution in [2.75, 3.05) is 0 Å². The smallest absolute Gasteiger partial charge is 0.872 e. The van der Waals surface area contributed by atoms with Crippen LogP contribution in [0.2, 0.25) is 0 Å². The number of benzene rings is 2. The van der Waals surface area contributed by atoms with Crippen molar-refractivity contribution in [3.8, 4) is 11.5 Å². The molecule has 0 aliphatic heterocycles. The Morgan fingerprint density at radius 2 is 1.03 bits per heavy atom. The second-order valence-corrected chi connectivity index (χ2v) is 11.2. The van der Waals surface area contributed by atoms with Crippen LogP contribution in [0.3, 0.4) is 0 Å². The van der Waals surface area contributed by atoms with Gasteiger partial charge >= 0.3 is 16.5 Å². The van der Waals surface area contributed by atoms with E-state index in [0.29, 0.717) is 9.79 Å². The Bertz CT molecular complexity index is 776. The molecule has 0 amide bonds. The molecule has 32 heavy (non-hydrogen) atoms. The van der Waals surface area contributed by atoms with Crippen molar-refractivity contribution in [2.24, 2.45) is 0 Å². The monoisotopic (exact) mass is 498 g/mol. The van der Waals surface area contributed by atoms with Gasteiger partial charge in [-0.3, -0.25) is 0 Å². The van der Waals surface area contributed by atoms with Crippen molar-refractivity contribution in [1.82, 2.24) is 0 Å². The first kappa shape index (κ1) is 28.9. The molecule has 180 valence electrons. The molecule has 0 saturated heterocycles. The maximum atomic E-state index is 12.6. The summed E-state index contributed by atoms with van der Waals surface area (Å²) in [6.07, 6.45) is 9.42. The number of rotatable bonds is 12. The van der Waals surface area contributed by atoms with E-state index in [2.05, 4.69) is 41.5 Å². The topological polar surface area (TPSA) is 46.1 Å². The molecule has 2 aromatic rings. The number of unbranched alkanes of at least 4 members (excludes halogenated alkanes) is 4. The summed E-state index contributed by atoms with van der Waals surface area (Å²) in [6.45, 7) is 13.4. The summed E-state index contributed by atoms with van der Waals surface area (Å²) in [5.74, 6) is -0.0183. The molecule has 0 heterocycles. The van der Waals surface area contributed by atoms with Gasteiger partial charge in [-0.2, -0.15) is 0 Å². The molecule has 0 aliphatic rings. The minimum Gasteiger partial charge on any atom is -0.872 e. The van der Waals surface area contributed by atoms with Crippen molar-refractivity contribution in [2.45, 2.75) is 114 Å². The zero-order chi connectivity index (χ0) is 23.1. The van der Waals surface area contributed by atoms with Crippen LogP contribution in [0.4, 0.5) is 0 Å². The van der Waals surface area contributed by atoms with Gasteiger partial charge in [0.2, 0.25) is 0 Å². The standard InChI is InChI=1S/C28H42O2S.Ni/c1-7-9-11-17-27(3,4)21-13-15-23(29)25(19-21)31-26-20-22(14-16-24(26)30)28(5,6)18-12-10-8-2;/h13-16,19-20,29-30H,7-12,17-18H2,1-6H3;/q;+2/p-2. The average molecular weight is 499 g/mol. The van der Waals surface area contributed by atoms with Crippen LogP contribution in [-0.2, 0) is 27.3 Å². The zero-order valence-electron chi connectivity index (χ0n) is 20.7. The van der Waals surface area contributed by atoms with E-state index in [4.69, 9.17) is 0 Å². The summed E-state index contributed by atoms with van der Waals surface area (Å²) in [4.78, 5) is 1.30. The van der Waals surface area contributed by atoms with Gasteiger partial charge in [-0.15, -0.1) is 0 Å². The second-order valence-electron chi connectivity index (χ2n) is 10.1. The summed E-state index contributed by atoms with van der Waals surface area (Å²) < 4.78 is 0. The molecule has 0 aromatic heterocycles. The summed E-state index contributed by atoms with van der Waals surface area (Å²) in [5, 5.41) is 25.2. The zero-order valence-corrected chi connectivity index (χ0v) is 22.5. The van der Waals surface area contributed by atoms with Crippen LogP contribution in [0.1, 0.15) is 104 Å². The van der Waals surface area contributed by atoms with E-state index in [1.165, 1.54) is 61.4 Å². The Morgan fingerprint density at radius 3 is 1.38 bits per heavy atom. The van der Waals surface area contributed by atoms with Crippen LogP contribution < -0.4 is 10.2 Å². The summed E-state index contributed by atoms with van der Waals surface area (Å²) in [7, 11) is 0. The van der Waals surface area contributed by atoms with E-state index >= 15 is 0 Å². The molecule has 0 atom stereocenters. The molecule has 2 rings (SSSR count). The van der Waals surface area contributed by atoms with E-state index in [1.807, 2.05) is 24.3 Å². The third-order valence-corrected chi connectivity index (χ3v) is 7.56. The van der Waals surface area contributed by atoms with Crippen LogP contribution in [0, 0.1) is 0 Å². The van der Waals surface area contributed by atoms with Crippen LogP contribution >= 0.6 is 11.8 Å². The number of hydrogen-bond acceptors (Lipinski definition) is 3. The average Bonchev–Trinajstić information content (AvgIpc) is 2.71. The van der Waals surface area contributed by atoms with E-state index < -0.39 is 0 Å². The van der Waals surface area contributed by atoms with Gasteiger partial charge in [-0.05, 0) is 46.9 Å². The molecule has 2 nitrogen and oxygen atoms in total. The molecule has 4 heteroatoms. The second kappa shape index (κ2) is 12.9. The molecule has 0 N–H and O–H groups in total. The SMILES string of the molecule is CCCCCC(C)(C)c1ccc([O-])c(Sc2cc(C(C)(C)CCCCC)ccc2[O-])c1.[Ni+2]. The summed E-state index contributed by atoms with van der Waals surface area (Å²) in [5.41, 5.74) is 2.38.